The molecule has 0 aliphatic heterocycles. The molecule has 0 spiro atoms. The number of nitrogens with zero attached hydrogens (tertiary/aromatic N) is 3. The van der Waals surface area contributed by atoms with Gasteiger partial charge in [-0.25, -0.2) is 4.52 Å². The molecule has 3 heterocycles. The minimum atomic E-state index is -0.0321. The van der Waals surface area contributed by atoms with Crippen LogP contribution in [0.25, 0.3) is 5.52 Å². The summed E-state index contributed by atoms with van der Waals surface area (Å²) in [4.78, 5) is 5.40. The maximum absolute atomic E-state index is 6.22. The SMILES string of the molecule is NC(Cc1cccs1)c1cnn2ccncc12. The van der Waals surface area contributed by atoms with E-state index in [2.05, 4.69) is 21.5 Å². The van der Waals surface area contributed by atoms with E-state index in [4.69, 9.17) is 5.73 Å². The molecule has 5 heteroatoms. The van der Waals surface area contributed by atoms with Crippen molar-refractivity contribution in [3.05, 3.63) is 52.7 Å². The molecular formula is C12H12N4S. The molecule has 0 aliphatic rings. The molecule has 17 heavy (non-hydrogen) atoms. The van der Waals surface area contributed by atoms with Crippen LogP contribution in [0.4, 0.5) is 0 Å². The van der Waals surface area contributed by atoms with E-state index in [1.165, 1.54) is 4.88 Å². The van der Waals surface area contributed by atoms with Crippen LogP contribution in [0, 0.1) is 0 Å². The highest BCUT2D eigenvalue weighted by molar-refractivity contribution is 7.09. The molecule has 3 aromatic heterocycles. The average Bonchev–Trinajstić information content (AvgIpc) is 2.96. The predicted octanol–water partition coefficient (Wildman–Crippen LogP) is 2.03. The van der Waals surface area contributed by atoms with E-state index in [9.17, 15) is 0 Å². The minimum Gasteiger partial charge on any atom is -0.324 e. The fraction of sp³-hybridized carbons (Fsp3) is 0.167. The van der Waals surface area contributed by atoms with Crippen LogP contribution >= 0.6 is 11.3 Å². The predicted molar refractivity (Wildman–Crippen MR) is 67.9 cm³/mol. The molecule has 0 fully saturated rings. The average molecular weight is 244 g/mol. The first-order valence-electron chi connectivity index (χ1n) is 5.40. The Morgan fingerprint density at radius 1 is 1.41 bits per heavy atom. The lowest BCUT2D eigenvalue weighted by molar-refractivity contribution is 0.736. The number of thiophene rings is 1. The summed E-state index contributed by atoms with van der Waals surface area (Å²) in [6.07, 6.45) is 8.02. The Balaban J connectivity index is 1.93. The van der Waals surface area contributed by atoms with E-state index in [0.717, 1.165) is 17.5 Å². The summed E-state index contributed by atoms with van der Waals surface area (Å²) in [6.45, 7) is 0. The van der Waals surface area contributed by atoms with Gasteiger partial charge in [0.15, 0.2) is 0 Å². The molecule has 3 aromatic rings. The zero-order valence-corrected chi connectivity index (χ0v) is 9.97. The zero-order chi connectivity index (χ0) is 11.7. The molecule has 86 valence electrons. The van der Waals surface area contributed by atoms with Crippen molar-refractivity contribution in [1.29, 1.82) is 0 Å². The highest BCUT2D eigenvalue weighted by Crippen LogP contribution is 2.22. The topological polar surface area (TPSA) is 56.2 Å². The van der Waals surface area contributed by atoms with Gasteiger partial charge in [0.2, 0.25) is 0 Å². The van der Waals surface area contributed by atoms with Gasteiger partial charge in [-0.05, 0) is 11.4 Å². The van der Waals surface area contributed by atoms with E-state index < -0.39 is 0 Å². The van der Waals surface area contributed by atoms with Crippen LogP contribution in [0.15, 0.2) is 42.3 Å². The van der Waals surface area contributed by atoms with Crippen molar-refractivity contribution in [3.8, 4) is 0 Å². The summed E-state index contributed by atoms with van der Waals surface area (Å²) in [5.41, 5.74) is 8.25. The largest absolute Gasteiger partial charge is 0.324 e. The highest BCUT2D eigenvalue weighted by atomic mass is 32.1. The molecule has 0 saturated carbocycles. The maximum atomic E-state index is 6.22. The summed E-state index contributed by atoms with van der Waals surface area (Å²) in [6, 6.07) is 4.12. The fourth-order valence-electron chi connectivity index (χ4n) is 1.89. The Labute approximate surface area is 103 Å². The standard InChI is InChI=1S/C12H12N4S/c13-11(6-9-2-1-5-17-9)10-7-15-16-4-3-14-8-12(10)16/h1-5,7-8,11H,6,13H2. The Bertz CT molecular complexity index is 614. The summed E-state index contributed by atoms with van der Waals surface area (Å²) >= 11 is 1.73. The Kier molecular flexibility index (Phi) is 2.62. The molecule has 0 amide bonds. The Morgan fingerprint density at radius 3 is 3.18 bits per heavy atom. The van der Waals surface area contributed by atoms with E-state index in [-0.39, 0.29) is 6.04 Å². The third-order valence-electron chi connectivity index (χ3n) is 2.76. The summed E-state index contributed by atoms with van der Waals surface area (Å²) in [5.74, 6) is 0. The van der Waals surface area contributed by atoms with Gasteiger partial charge in [-0.2, -0.15) is 5.10 Å². The number of fused-ring (bicyclic) bond motifs is 1. The molecule has 0 saturated heterocycles. The van der Waals surface area contributed by atoms with Crippen molar-refractivity contribution in [2.75, 3.05) is 0 Å². The molecule has 4 nitrogen and oxygen atoms in total. The van der Waals surface area contributed by atoms with Crippen LogP contribution in [0.2, 0.25) is 0 Å². The number of hydrogen-bond donors (Lipinski definition) is 1. The smallest absolute Gasteiger partial charge is 0.0892 e. The lowest BCUT2D eigenvalue weighted by Crippen LogP contribution is -2.12. The Hall–Kier alpha value is -1.72. The van der Waals surface area contributed by atoms with Crippen LogP contribution in [0.1, 0.15) is 16.5 Å². The van der Waals surface area contributed by atoms with Gasteiger partial charge < -0.3 is 5.73 Å². The van der Waals surface area contributed by atoms with Crippen LogP contribution in [-0.2, 0) is 6.42 Å². The van der Waals surface area contributed by atoms with Crippen molar-refractivity contribution in [2.45, 2.75) is 12.5 Å². The molecule has 0 aromatic carbocycles. The van der Waals surface area contributed by atoms with Gasteiger partial charge in [0.1, 0.15) is 0 Å². The first kappa shape index (κ1) is 10.4. The van der Waals surface area contributed by atoms with Crippen molar-refractivity contribution in [3.63, 3.8) is 0 Å². The minimum absolute atomic E-state index is 0.0321. The van der Waals surface area contributed by atoms with E-state index in [1.807, 2.05) is 18.5 Å². The molecule has 0 radical (unpaired) electrons. The van der Waals surface area contributed by atoms with Gasteiger partial charge >= 0.3 is 0 Å². The van der Waals surface area contributed by atoms with Crippen molar-refractivity contribution < 1.29 is 0 Å². The lowest BCUT2D eigenvalue weighted by Gasteiger charge is -2.08. The summed E-state index contributed by atoms with van der Waals surface area (Å²) in [5, 5.41) is 6.34. The number of hydrogen-bond acceptors (Lipinski definition) is 4. The molecule has 1 atom stereocenters. The second kappa shape index (κ2) is 4.27. The van der Waals surface area contributed by atoms with Gasteiger partial charge in [0.25, 0.3) is 0 Å². The van der Waals surface area contributed by atoms with Gasteiger partial charge in [0.05, 0.1) is 17.9 Å². The van der Waals surface area contributed by atoms with Gasteiger partial charge in [-0.1, -0.05) is 6.07 Å². The fourth-order valence-corrected chi connectivity index (χ4v) is 2.66. The van der Waals surface area contributed by atoms with Crippen molar-refractivity contribution in [2.24, 2.45) is 5.73 Å². The van der Waals surface area contributed by atoms with Crippen LogP contribution in [-0.4, -0.2) is 14.6 Å². The third-order valence-corrected chi connectivity index (χ3v) is 3.65. The lowest BCUT2D eigenvalue weighted by atomic mass is 10.1. The van der Waals surface area contributed by atoms with Crippen LogP contribution < -0.4 is 5.73 Å². The summed E-state index contributed by atoms with van der Waals surface area (Å²) in [7, 11) is 0. The van der Waals surface area contributed by atoms with Crippen LogP contribution in [0.3, 0.4) is 0 Å². The second-order valence-corrected chi connectivity index (χ2v) is 4.93. The Morgan fingerprint density at radius 2 is 2.35 bits per heavy atom. The molecule has 0 aliphatic carbocycles. The summed E-state index contributed by atoms with van der Waals surface area (Å²) < 4.78 is 1.80. The third kappa shape index (κ3) is 1.94. The monoisotopic (exact) mass is 244 g/mol. The van der Waals surface area contributed by atoms with E-state index >= 15 is 0 Å². The number of nitrogens with two attached hydrogens (primary N) is 1. The van der Waals surface area contributed by atoms with Crippen LogP contribution in [0.5, 0.6) is 0 Å². The maximum Gasteiger partial charge on any atom is 0.0892 e. The number of aromatic nitrogens is 3. The zero-order valence-electron chi connectivity index (χ0n) is 9.15. The second-order valence-electron chi connectivity index (χ2n) is 3.90. The van der Waals surface area contributed by atoms with Crippen molar-refractivity contribution >= 4 is 16.9 Å². The quantitative estimate of drug-likeness (QED) is 0.767. The number of rotatable bonds is 3. The molecule has 2 N–H and O–H groups in total. The van der Waals surface area contributed by atoms with E-state index in [0.29, 0.717) is 0 Å². The molecule has 1 unspecified atom stereocenters. The first-order valence-corrected chi connectivity index (χ1v) is 6.28. The van der Waals surface area contributed by atoms with Gasteiger partial charge in [0, 0.05) is 35.3 Å². The van der Waals surface area contributed by atoms with E-state index in [1.54, 1.807) is 28.2 Å². The first-order chi connectivity index (χ1) is 8.34. The molecule has 0 bridgehead atoms. The van der Waals surface area contributed by atoms with Gasteiger partial charge in [-0.3, -0.25) is 4.98 Å². The highest BCUT2D eigenvalue weighted by Gasteiger charge is 2.13. The van der Waals surface area contributed by atoms with Gasteiger partial charge in [-0.15, -0.1) is 11.3 Å². The normalized spacial score (nSPS) is 13.0. The molecule has 3 rings (SSSR count). The molecular weight excluding hydrogens is 232 g/mol. The van der Waals surface area contributed by atoms with Crippen molar-refractivity contribution in [1.82, 2.24) is 14.6 Å².